The molecule has 1 aromatic heterocycles. The van der Waals surface area contributed by atoms with Crippen LogP contribution in [0.3, 0.4) is 0 Å². The fraction of sp³-hybridized carbons (Fsp3) is 0.667. The molecule has 0 spiro atoms. The summed E-state index contributed by atoms with van der Waals surface area (Å²) in [6.07, 6.45) is 0. The van der Waals surface area contributed by atoms with Gasteiger partial charge < -0.3 is 5.32 Å². The lowest BCUT2D eigenvalue weighted by atomic mass is 10.3. The summed E-state index contributed by atoms with van der Waals surface area (Å²) in [7, 11) is 0. The summed E-state index contributed by atoms with van der Waals surface area (Å²) in [4.78, 5) is 9.61. The van der Waals surface area contributed by atoms with Crippen molar-refractivity contribution in [2.75, 3.05) is 45.8 Å². The predicted octanol–water partition coefficient (Wildman–Crippen LogP) is 1.12. The van der Waals surface area contributed by atoms with E-state index >= 15 is 0 Å². The molecule has 1 aliphatic heterocycles. The molecular weight excluding hydrogens is 236 g/mol. The van der Waals surface area contributed by atoms with Gasteiger partial charge in [0.1, 0.15) is 0 Å². The first-order chi connectivity index (χ1) is 9.28. The molecule has 4 nitrogen and oxygen atoms in total. The summed E-state index contributed by atoms with van der Waals surface area (Å²) in [5, 5.41) is 3.40. The smallest absolute Gasteiger partial charge is 0.0547 e. The molecule has 0 aromatic carbocycles. The van der Waals surface area contributed by atoms with E-state index in [1.807, 2.05) is 0 Å². The Kier molecular flexibility index (Phi) is 5.76. The zero-order valence-corrected chi connectivity index (χ0v) is 12.2. The van der Waals surface area contributed by atoms with E-state index in [1.54, 1.807) is 0 Å². The summed E-state index contributed by atoms with van der Waals surface area (Å²) in [6.45, 7) is 13.3. The van der Waals surface area contributed by atoms with Crippen LogP contribution in [0.5, 0.6) is 0 Å². The van der Waals surface area contributed by atoms with Gasteiger partial charge in [0.2, 0.25) is 0 Å². The number of aromatic nitrogens is 1. The molecule has 0 bridgehead atoms. The molecule has 0 aliphatic carbocycles. The molecule has 1 fully saturated rings. The Bertz CT molecular complexity index is 374. The average Bonchev–Trinajstić information content (AvgIpc) is 2.44. The number of likely N-dealkylation sites (N-methyl/N-ethyl adjacent to an activating group) is 1. The lowest BCUT2D eigenvalue weighted by Crippen LogP contribution is -2.46. The molecule has 0 amide bonds. The zero-order chi connectivity index (χ0) is 13.5. The highest BCUT2D eigenvalue weighted by molar-refractivity contribution is 5.09. The van der Waals surface area contributed by atoms with Gasteiger partial charge in [-0.15, -0.1) is 0 Å². The SMILES string of the molecule is CCN(CCN1CCNCC1)Cc1cccc(C)n1. The highest BCUT2D eigenvalue weighted by Gasteiger charge is 2.11. The molecule has 19 heavy (non-hydrogen) atoms. The molecule has 1 aliphatic rings. The summed E-state index contributed by atoms with van der Waals surface area (Å²) in [5.74, 6) is 0. The molecule has 0 radical (unpaired) electrons. The molecule has 1 saturated heterocycles. The monoisotopic (exact) mass is 262 g/mol. The number of rotatable bonds is 6. The first-order valence-corrected chi connectivity index (χ1v) is 7.36. The topological polar surface area (TPSA) is 31.4 Å². The van der Waals surface area contributed by atoms with Crippen LogP contribution < -0.4 is 5.32 Å². The van der Waals surface area contributed by atoms with Crippen molar-refractivity contribution in [2.45, 2.75) is 20.4 Å². The second-order valence-corrected chi connectivity index (χ2v) is 5.23. The van der Waals surface area contributed by atoms with Crippen molar-refractivity contribution < 1.29 is 0 Å². The maximum absolute atomic E-state index is 4.59. The van der Waals surface area contributed by atoms with Crippen molar-refractivity contribution >= 4 is 0 Å². The van der Waals surface area contributed by atoms with E-state index in [4.69, 9.17) is 0 Å². The Labute approximate surface area is 116 Å². The molecule has 2 heterocycles. The first-order valence-electron chi connectivity index (χ1n) is 7.36. The number of nitrogens with one attached hydrogen (secondary N) is 1. The first kappa shape index (κ1) is 14.4. The lowest BCUT2D eigenvalue weighted by molar-refractivity contribution is 0.188. The average molecular weight is 262 g/mol. The third-order valence-corrected chi connectivity index (χ3v) is 3.72. The number of piperazine rings is 1. The number of aryl methyl sites for hydroxylation is 1. The quantitative estimate of drug-likeness (QED) is 0.832. The van der Waals surface area contributed by atoms with Crippen LogP contribution in [-0.2, 0) is 6.54 Å². The van der Waals surface area contributed by atoms with Crippen LogP contribution in [0.15, 0.2) is 18.2 Å². The van der Waals surface area contributed by atoms with Crippen molar-refractivity contribution in [3.63, 3.8) is 0 Å². The summed E-state index contributed by atoms with van der Waals surface area (Å²) in [5.41, 5.74) is 2.29. The standard InChI is InChI=1S/C15H26N4/c1-3-18(11-12-19-9-7-16-8-10-19)13-15-6-4-5-14(2)17-15/h4-6,16H,3,7-13H2,1-2H3. The van der Waals surface area contributed by atoms with Crippen molar-refractivity contribution in [3.05, 3.63) is 29.6 Å². The molecule has 1 N–H and O–H groups in total. The van der Waals surface area contributed by atoms with Crippen LogP contribution in [0.1, 0.15) is 18.3 Å². The van der Waals surface area contributed by atoms with Gasteiger partial charge in [-0.3, -0.25) is 14.8 Å². The van der Waals surface area contributed by atoms with E-state index in [1.165, 1.54) is 25.3 Å². The van der Waals surface area contributed by atoms with Gasteiger partial charge in [-0.2, -0.15) is 0 Å². The highest BCUT2D eigenvalue weighted by atomic mass is 15.2. The number of hydrogen-bond acceptors (Lipinski definition) is 4. The van der Waals surface area contributed by atoms with E-state index in [9.17, 15) is 0 Å². The maximum Gasteiger partial charge on any atom is 0.0547 e. The molecule has 0 unspecified atom stereocenters. The second kappa shape index (κ2) is 7.58. The van der Waals surface area contributed by atoms with Crippen LogP contribution in [0.25, 0.3) is 0 Å². The van der Waals surface area contributed by atoms with E-state index in [0.29, 0.717) is 0 Å². The number of nitrogens with zero attached hydrogens (tertiary/aromatic N) is 3. The van der Waals surface area contributed by atoms with E-state index in [0.717, 1.165) is 38.4 Å². The summed E-state index contributed by atoms with van der Waals surface area (Å²) in [6, 6.07) is 6.28. The fourth-order valence-electron chi connectivity index (χ4n) is 2.48. The number of pyridine rings is 1. The lowest BCUT2D eigenvalue weighted by Gasteiger charge is -2.30. The molecule has 0 atom stereocenters. The van der Waals surface area contributed by atoms with Gasteiger partial charge in [-0.05, 0) is 25.6 Å². The van der Waals surface area contributed by atoms with E-state index in [2.05, 4.69) is 52.1 Å². The minimum Gasteiger partial charge on any atom is -0.314 e. The van der Waals surface area contributed by atoms with Crippen LogP contribution in [0, 0.1) is 6.92 Å². The van der Waals surface area contributed by atoms with Gasteiger partial charge >= 0.3 is 0 Å². The summed E-state index contributed by atoms with van der Waals surface area (Å²) >= 11 is 0. The van der Waals surface area contributed by atoms with Gasteiger partial charge in [0.05, 0.1) is 5.69 Å². The van der Waals surface area contributed by atoms with Gasteiger partial charge in [0, 0.05) is 51.5 Å². The molecule has 0 saturated carbocycles. The largest absolute Gasteiger partial charge is 0.314 e. The normalized spacial score (nSPS) is 17.0. The molecule has 106 valence electrons. The Balaban J connectivity index is 1.79. The van der Waals surface area contributed by atoms with Crippen molar-refractivity contribution in [3.8, 4) is 0 Å². The van der Waals surface area contributed by atoms with E-state index < -0.39 is 0 Å². The van der Waals surface area contributed by atoms with Gasteiger partial charge in [0.25, 0.3) is 0 Å². The Hall–Kier alpha value is -0.970. The van der Waals surface area contributed by atoms with Crippen molar-refractivity contribution in [2.24, 2.45) is 0 Å². The fourth-order valence-corrected chi connectivity index (χ4v) is 2.48. The summed E-state index contributed by atoms with van der Waals surface area (Å²) < 4.78 is 0. The molecule has 2 rings (SSSR count). The van der Waals surface area contributed by atoms with Gasteiger partial charge in [-0.1, -0.05) is 13.0 Å². The van der Waals surface area contributed by atoms with Crippen LogP contribution >= 0.6 is 0 Å². The molecule has 1 aromatic rings. The Morgan fingerprint density at radius 3 is 2.79 bits per heavy atom. The van der Waals surface area contributed by atoms with Crippen LogP contribution in [-0.4, -0.2) is 60.6 Å². The molecular formula is C15H26N4. The minimum atomic E-state index is 0.963. The third kappa shape index (κ3) is 4.90. The predicted molar refractivity (Wildman–Crippen MR) is 79.2 cm³/mol. The zero-order valence-electron chi connectivity index (χ0n) is 12.2. The highest BCUT2D eigenvalue weighted by Crippen LogP contribution is 2.04. The maximum atomic E-state index is 4.59. The van der Waals surface area contributed by atoms with E-state index in [-0.39, 0.29) is 0 Å². The Morgan fingerprint density at radius 1 is 1.32 bits per heavy atom. The second-order valence-electron chi connectivity index (χ2n) is 5.23. The number of hydrogen-bond donors (Lipinski definition) is 1. The molecule has 4 heteroatoms. The van der Waals surface area contributed by atoms with Crippen LogP contribution in [0.2, 0.25) is 0 Å². The van der Waals surface area contributed by atoms with Gasteiger partial charge in [-0.25, -0.2) is 0 Å². The van der Waals surface area contributed by atoms with Crippen molar-refractivity contribution in [1.82, 2.24) is 20.1 Å². The minimum absolute atomic E-state index is 0.963. The van der Waals surface area contributed by atoms with Crippen molar-refractivity contribution in [1.29, 1.82) is 0 Å². The Morgan fingerprint density at radius 2 is 2.11 bits per heavy atom. The third-order valence-electron chi connectivity index (χ3n) is 3.72. The van der Waals surface area contributed by atoms with Crippen LogP contribution in [0.4, 0.5) is 0 Å². The van der Waals surface area contributed by atoms with Gasteiger partial charge in [0.15, 0.2) is 0 Å².